The first-order valence-corrected chi connectivity index (χ1v) is 7.89. The normalized spacial score (nSPS) is 16.9. The molecule has 3 nitrogen and oxygen atoms in total. The van der Waals surface area contributed by atoms with Crippen LogP contribution in [0.1, 0.15) is 27.9 Å². The minimum absolute atomic E-state index is 0.0790. The van der Waals surface area contributed by atoms with Gasteiger partial charge in [0.05, 0.1) is 18.7 Å². The first kappa shape index (κ1) is 14.1. The molecule has 1 heterocycles. The molecule has 3 aromatic rings. The van der Waals surface area contributed by atoms with E-state index in [4.69, 9.17) is 0 Å². The van der Waals surface area contributed by atoms with E-state index in [1.807, 2.05) is 41.2 Å². The van der Waals surface area contributed by atoms with E-state index >= 15 is 0 Å². The molecule has 4 rings (SSSR count). The minimum atomic E-state index is -0.444. The van der Waals surface area contributed by atoms with E-state index in [0.717, 1.165) is 22.0 Å². The second-order valence-electron chi connectivity index (χ2n) is 6.08. The summed E-state index contributed by atoms with van der Waals surface area (Å²) in [5.74, 6) is -0.131. The Bertz CT molecular complexity index is 870. The molecule has 0 radical (unpaired) electrons. The molecule has 0 aliphatic heterocycles. The minimum Gasteiger partial charge on any atom is -0.294 e. The number of hydrogen-bond donors (Lipinski definition) is 0. The van der Waals surface area contributed by atoms with E-state index in [1.165, 1.54) is 5.56 Å². The molecule has 0 saturated heterocycles. The number of rotatable bonds is 4. The molecule has 0 bridgehead atoms. The van der Waals surface area contributed by atoms with Crippen molar-refractivity contribution in [2.45, 2.75) is 19.4 Å². The molecule has 1 atom stereocenters. The van der Waals surface area contributed by atoms with Crippen molar-refractivity contribution in [3.63, 3.8) is 0 Å². The summed E-state index contributed by atoms with van der Waals surface area (Å²) in [7, 11) is 0. The third-order valence-electron chi connectivity index (χ3n) is 4.58. The van der Waals surface area contributed by atoms with E-state index in [9.17, 15) is 9.18 Å². The lowest BCUT2D eigenvalue weighted by molar-refractivity contribution is 0.0925. The average Bonchev–Trinajstić information content (AvgIpc) is 3.10. The van der Waals surface area contributed by atoms with Gasteiger partial charge in [-0.3, -0.25) is 13.9 Å². The largest absolute Gasteiger partial charge is 0.294 e. The zero-order valence-corrected chi connectivity index (χ0v) is 12.7. The summed E-state index contributed by atoms with van der Waals surface area (Å²) >= 11 is 0. The predicted octanol–water partition coefficient (Wildman–Crippen LogP) is 3.80. The highest BCUT2D eigenvalue weighted by molar-refractivity contribution is 6.06. The molecule has 0 unspecified atom stereocenters. The highest BCUT2D eigenvalue weighted by Crippen LogP contribution is 2.34. The fourth-order valence-electron chi connectivity index (χ4n) is 3.43. The highest BCUT2D eigenvalue weighted by Gasteiger charge is 2.31. The Kier molecular flexibility index (Phi) is 3.45. The third-order valence-corrected chi connectivity index (χ3v) is 4.58. The Morgan fingerprint density at radius 3 is 2.78 bits per heavy atom. The molecule has 0 saturated carbocycles. The molecular weight excluding hydrogens is 291 g/mol. The van der Waals surface area contributed by atoms with Crippen LogP contribution in [0.4, 0.5) is 4.39 Å². The molecule has 1 aliphatic rings. The first-order chi connectivity index (χ1) is 11.3. The molecule has 0 amide bonds. The topological polar surface area (TPSA) is 34.9 Å². The van der Waals surface area contributed by atoms with Crippen molar-refractivity contribution < 1.29 is 9.18 Å². The maximum absolute atomic E-state index is 12.6. The molecule has 116 valence electrons. The van der Waals surface area contributed by atoms with Crippen molar-refractivity contribution in [2.75, 3.05) is 6.67 Å². The number of hydrogen-bond acceptors (Lipinski definition) is 2. The van der Waals surface area contributed by atoms with Gasteiger partial charge in [-0.1, -0.05) is 30.3 Å². The Morgan fingerprint density at radius 2 is 2.00 bits per heavy atom. The van der Waals surface area contributed by atoms with Crippen LogP contribution in [0.15, 0.2) is 48.7 Å². The smallest absolute Gasteiger partial charge is 0.166 e. The van der Waals surface area contributed by atoms with Crippen LogP contribution in [0.3, 0.4) is 0 Å². The molecule has 0 fully saturated rings. The third kappa shape index (κ3) is 2.44. The van der Waals surface area contributed by atoms with Crippen molar-refractivity contribution in [1.29, 1.82) is 0 Å². The van der Waals surface area contributed by atoms with Crippen LogP contribution in [0.25, 0.3) is 10.9 Å². The number of halogens is 1. The van der Waals surface area contributed by atoms with Crippen molar-refractivity contribution >= 4 is 16.7 Å². The molecule has 0 spiro atoms. The Balaban J connectivity index is 1.71. The zero-order chi connectivity index (χ0) is 15.8. The van der Waals surface area contributed by atoms with Crippen LogP contribution in [0, 0.1) is 5.92 Å². The van der Waals surface area contributed by atoms with Gasteiger partial charge in [-0.2, -0.15) is 5.10 Å². The second kappa shape index (κ2) is 5.61. The van der Waals surface area contributed by atoms with E-state index in [0.29, 0.717) is 19.4 Å². The monoisotopic (exact) mass is 308 g/mol. The summed E-state index contributed by atoms with van der Waals surface area (Å²) in [6.45, 7) is 0.257. The Morgan fingerprint density at radius 1 is 1.17 bits per heavy atom. The Hall–Kier alpha value is -2.49. The summed E-state index contributed by atoms with van der Waals surface area (Å²) in [5, 5.41) is 5.63. The average molecular weight is 308 g/mol. The van der Waals surface area contributed by atoms with E-state index in [2.05, 4.69) is 17.2 Å². The van der Waals surface area contributed by atoms with Gasteiger partial charge in [0.15, 0.2) is 5.78 Å². The van der Waals surface area contributed by atoms with Crippen LogP contribution in [0.5, 0.6) is 0 Å². The maximum Gasteiger partial charge on any atom is 0.166 e. The van der Waals surface area contributed by atoms with Crippen molar-refractivity contribution in [3.8, 4) is 0 Å². The molecule has 2 aromatic carbocycles. The van der Waals surface area contributed by atoms with Crippen molar-refractivity contribution in [3.05, 3.63) is 65.4 Å². The quantitative estimate of drug-likeness (QED) is 0.735. The lowest BCUT2D eigenvalue weighted by atomic mass is 10.0. The number of carbonyl (C=O) groups excluding carboxylic acids is 1. The number of carbonyl (C=O) groups is 1. The lowest BCUT2D eigenvalue weighted by Gasteiger charge is -2.02. The van der Waals surface area contributed by atoms with Crippen LogP contribution < -0.4 is 0 Å². The summed E-state index contributed by atoms with van der Waals surface area (Å²) in [6.07, 6.45) is 2.95. The summed E-state index contributed by atoms with van der Waals surface area (Å²) in [5.41, 5.74) is 3.86. The molecule has 0 N–H and O–H groups in total. The van der Waals surface area contributed by atoms with Crippen molar-refractivity contribution in [2.24, 2.45) is 5.92 Å². The highest BCUT2D eigenvalue weighted by atomic mass is 19.1. The van der Waals surface area contributed by atoms with Crippen molar-refractivity contribution in [1.82, 2.24) is 9.78 Å². The van der Waals surface area contributed by atoms with Crippen LogP contribution in [-0.2, 0) is 13.0 Å². The first-order valence-electron chi connectivity index (χ1n) is 7.89. The van der Waals surface area contributed by atoms with Gasteiger partial charge in [-0.25, -0.2) is 0 Å². The standard InChI is InChI=1S/C19H17FN2O/c20-9-8-14-10-16-15(19(14)23)6-7-18-17(16)12-22(21-18)11-13-4-2-1-3-5-13/h1-7,12,14H,8-11H2/t14-/m0/s1. The van der Waals surface area contributed by atoms with E-state index in [-0.39, 0.29) is 11.7 Å². The lowest BCUT2D eigenvalue weighted by Crippen LogP contribution is -2.09. The summed E-state index contributed by atoms with van der Waals surface area (Å²) in [4.78, 5) is 12.3. The number of nitrogens with zero attached hydrogens (tertiary/aromatic N) is 2. The van der Waals surface area contributed by atoms with E-state index < -0.39 is 6.67 Å². The number of ketones is 1. The van der Waals surface area contributed by atoms with E-state index in [1.54, 1.807) is 0 Å². The fraction of sp³-hybridized carbons (Fsp3) is 0.263. The van der Waals surface area contributed by atoms with Gasteiger partial charge < -0.3 is 0 Å². The zero-order valence-electron chi connectivity index (χ0n) is 12.7. The van der Waals surface area contributed by atoms with Gasteiger partial charge in [0.25, 0.3) is 0 Å². The summed E-state index contributed by atoms with van der Waals surface area (Å²) < 4.78 is 14.5. The van der Waals surface area contributed by atoms with Gasteiger partial charge in [0.1, 0.15) is 0 Å². The number of aromatic nitrogens is 2. The van der Waals surface area contributed by atoms with Crippen LogP contribution in [0.2, 0.25) is 0 Å². The molecule has 23 heavy (non-hydrogen) atoms. The van der Waals surface area contributed by atoms with Gasteiger partial charge in [-0.05, 0) is 36.1 Å². The molecule has 4 heteroatoms. The van der Waals surface area contributed by atoms with Gasteiger partial charge >= 0.3 is 0 Å². The SMILES string of the molecule is O=C1c2ccc3nn(Cc4ccccc4)cc3c2C[C@@H]1CCF. The van der Waals surface area contributed by atoms with Gasteiger partial charge in [0, 0.05) is 23.1 Å². The molecule has 1 aliphatic carbocycles. The van der Waals surface area contributed by atoms with Crippen LogP contribution >= 0.6 is 0 Å². The van der Waals surface area contributed by atoms with Gasteiger partial charge in [-0.15, -0.1) is 0 Å². The molecular formula is C19H17FN2O. The maximum atomic E-state index is 12.6. The summed E-state index contributed by atoms with van der Waals surface area (Å²) in [6, 6.07) is 13.9. The number of Topliss-reactive ketones (excluding diaryl/α,β-unsaturated/α-hetero) is 1. The fourth-order valence-corrected chi connectivity index (χ4v) is 3.43. The van der Waals surface area contributed by atoms with Crippen LogP contribution in [-0.4, -0.2) is 22.2 Å². The second-order valence-corrected chi connectivity index (χ2v) is 6.08. The predicted molar refractivity (Wildman–Crippen MR) is 87.4 cm³/mol. The number of alkyl halides is 1. The number of benzene rings is 2. The number of fused-ring (bicyclic) bond motifs is 3. The Labute approximate surface area is 133 Å². The van der Waals surface area contributed by atoms with Gasteiger partial charge in [0.2, 0.25) is 0 Å². The molecule has 1 aromatic heterocycles.